The highest BCUT2D eigenvalue weighted by Crippen LogP contribution is 2.27. The third-order valence-electron chi connectivity index (χ3n) is 3.38. The molecule has 102 valence electrons. The molecule has 0 spiro atoms. The molecule has 1 fully saturated rings. The van der Waals surface area contributed by atoms with Gasteiger partial charge in [0, 0.05) is 13.7 Å². The molecule has 1 aliphatic carbocycles. The van der Waals surface area contributed by atoms with E-state index in [9.17, 15) is 4.79 Å². The van der Waals surface area contributed by atoms with E-state index in [1.54, 1.807) is 7.11 Å². The summed E-state index contributed by atoms with van der Waals surface area (Å²) in [4.78, 5) is 11.5. The van der Waals surface area contributed by atoms with E-state index in [1.807, 2.05) is 0 Å². The number of carbonyl (C=O) groups excluding carboxylic acids is 1. The topological polar surface area (TPSA) is 64.3 Å². The summed E-state index contributed by atoms with van der Waals surface area (Å²) in [6.07, 6.45) is 5.01. The molecule has 1 aliphatic rings. The van der Waals surface area contributed by atoms with Crippen molar-refractivity contribution in [3.8, 4) is 0 Å². The number of carbonyl (C=O) groups is 1. The van der Waals surface area contributed by atoms with Gasteiger partial charge in [0.15, 0.2) is 0 Å². The summed E-state index contributed by atoms with van der Waals surface area (Å²) in [6, 6.07) is -0.535. The average Bonchev–Trinajstić information content (AvgIpc) is 2.28. The van der Waals surface area contributed by atoms with E-state index in [-0.39, 0.29) is 24.9 Å². The first kappa shape index (κ1) is 16.7. The van der Waals surface area contributed by atoms with Crippen LogP contribution in [-0.2, 0) is 9.53 Å². The summed E-state index contributed by atoms with van der Waals surface area (Å²) in [5.74, 6) is 1.39. The molecule has 1 unspecified atom stereocenters. The van der Waals surface area contributed by atoms with Crippen molar-refractivity contribution in [3.05, 3.63) is 0 Å². The number of rotatable bonds is 5. The molecule has 1 saturated carbocycles. The highest BCUT2D eigenvalue weighted by atomic mass is 35.5. The quantitative estimate of drug-likeness (QED) is 0.787. The zero-order valence-corrected chi connectivity index (χ0v) is 11.6. The number of hydrogen-bond acceptors (Lipinski definition) is 3. The maximum absolute atomic E-state index is 11.5. The van der Waals surface area contributed by atoms with Crippen LogP contribution < -0.4 is 11.1 Å². The second-order valence-electron chi connectivity index (χ2n) is 4.93. The molecule has 0 aromatic carbocycles. The molecule has 4 nitrogen and oxygen atoms in total. The fourth-order valence-electron chi connectivity index (χ4n) is 2.16. The lowest BCUT2D eigenvalue weighted by Gasteiger charge is -2.26. The average molecular weight is 265 g/mol. The Balaban J connectivity index is 0.00000256. The number of ether oxygens (including phenoxy) is 1. The van der Waals surface area contributed by atoms with Crippen LogP contribution >= 0.6 is 12.4 Å². The van der Waals surface area contributed by atoms with E-state index in [0.717, 1.165) is 12.5 Å². The van der Waals surface area contributed by atoms with Gasteiger partial charge in [-0.1, -0.05) is 19.8 Å². The SMILES string of the molecule is COCC(N)C(=O)NCC1CCC(C)CC1.Cl. The van der Waals surface area contributed by atoms with Gasteiger partial charge in [-0.25, -0.2) is 0 Å². The van der Waals surface area contributed by atoms with Crippen LogP contribution in [0.5, 0.6) is 0 Å². The van der Waals surface area contributed by atoms with E-state index in [4.69, 9.17) is 10.5 Å². The van der Waals surface area contributed by atoms with Crippen molar-refractivity contribution in [2.45, 2.75) is 38.6 Å². The van der Waals surface area contributed by atoms with Crippen molar-refractivity contribution in [2.24, 2.45) is 17.6 Å². The molecule has 0 saturated heterocycles. The molecule has 0 bridgehead atoms. The van der Waals surface area contributed by atoms with Gasteiger partial charge >= 0.3 is 0 Å². The number of nitrogens with two attached hydrogens (primary N) is 1. The lowest BCUT2D eigenvalue weighted by molar-refractivity contribution is -0.123. The first-order valence-electron chi connectivity index (χ1n) is 6.15. The molecule has 1 atom stereocenters. The smallest absolute Gasteiger partial charge is 0.239 e. The summed E-state index contributed by atoms with van der Waals surface area (Å²) >= 11 is 0. The fraction of sp³-hybridized carbons (Fsp3) is 0.917. The maximum Gasteiger partial charge on any atom is 0.239 e. The van der Waals surface area contributed by atoms with Crippen molar-refractivity contribution in [1.82, 2.24) is 5.32 Å². The number of methoxy groups -OCH3 is 1. The molecule has 0 radical (unpaired) electrons. The van der Waals surface area contributed by atoms with Gasteiger partial charge in [0.05, 0.1) is 6.61 Å². The van der Waals surface area contributed by atoms with E-state index in [1.165, 1.54) is 25.7 Å². The van der Waals surface area contributed by atoms with Gasteiger partial charge in [-0.15, -0.1) is 12.4 Å². The summed E-state index contributed by atoms with van der Waals surface area (Å²) < 4.78 is 4.84. The number of nitrogens with one attached hydrogen (secondary N) is 1. The molecule has 0 aromatic heterocycles. The summed E-state index contributed by atoms with van der Waals surface area (Å²) in [6.45, 7) is 3.35. The standard InChI is InChI=1S/C12H24N2O2.ClH/c1-9-3-5-10(6-4-9)7-14-12(15)11(13)8-16-2;/h9-11H,3-8,13H2,1-2H3,(H,14,15);1H. The summed E-state index contributed by atoms with van der Waals surface area (Å²) in [7, 11) is 1.55. The molecule has 5 heteroatoms. The minimum atomic E-state index is -0.535. The van der Waals surface area contributed by atoms with E-state index in [0.29, 0.717) is 5.92 Å². The Hall–Kier alpha value is -0.320. The monoisotopic (exact) mass is 264 g/mol. The summed E-state index contributed by atoms with van der Waals surface area (Å²) in [5.41, 5.74) is 5.63. The molecular formula is C12H25ClN2O2. The first-order valence-corrected chi connectivity index (χ1v) is 6.15. The van der Waals surface area contributed by atoms with Gasteiger partial charge in [0.25, 0.3) is 0 Å². The minimum Gasteiger partial charge on any atom is -0.383 e. The van der Waals surface area contributed by atoms with E-state index < -0.39 is 6.04 Å². The second-order valence-corrected chi connectivity index (χ2v) is 4.93. The Morgan fingerprint density at radius 3 is 2.53 bits per heavy atom. The highest BCUT2D eigenvalue weighted by molar-refractivity contribution is 5.85. The Morgan fingerprint density at radius 2 is 2.00 bits per heavy atom. The van der Waals surface area contributed by atoms with E-state index in [2.05, 4.69) is 12.2 Å². The predicted molar refractivity (Wildman–Crippen MR) is 71.2 cm³/mol. The lowest BCUT2D eigenvalue weighted by atomic mass is 9.83. The molecule has 0 aromatic rings. The number of hydrogen-bond donors (Lipinski definition) is 2. The van der Waals surface area contributed by atoms with Gasteiger partial charge in [-0.2, -0.15) is 0 Å². The third kappa shape index (κ3) is 6.24. The van der Waals surface area contributed by atoms with Crippen LogP contribution in [0, 0.1) is 11.8 Å². The molecule has 3 N–H and O–H groups in total. The van der Waals surface area contributed by atoms with Gasteiger partial charge in [-0.05, 0) is 24.7 Å². The maximum atomic E-state index is 11.5. The predicted octanol–water partition coefficient (Wildman–Crippen LogP) is 1.32. The molecule has 17 heavy (non-hydrogen) atoms. The normalized spacial score (nSPS) is 25.8. The Labute approximate surface area is 110 Å². The number of halogens is 1. The van der Waals surface area contributed by atoms with Crippen LogP contribution in [0.3, 0.4) is 0 Å². The van der Waals surface area contributed by atoms with Gasteiger partial charge < -0.3 is 15.8 Å². The van der Waals surface area contributed by atoms with Crippen molar-refractivity contribution in [3.63, 3.8) is 0 Å². The first-order chi connectivity index (χ1) is 7.63. The minimum absolute atomic E-state index is 0. The van der Waals surface area contributed by atoms with Crippen LogP contribution in [0.25, 0.3) is 0 Å². The van der Waals surface area contributed by atoms with E-state index >= 15 is 0 Å². The van der Waals surface area contributed by atoms with Crippen LogP contribution in [0.4, 0.5) is 0 Å². The van der Waals surface area contributed by atoms with Gasteiger partial charge in [0.2, 0.25) is 5.91 Å². The third-order valence-corrected chi connectivity index (χ3v) is 3.38. The van der Waals surface area contributed by atoms with Crippen LogP contribution in [0.2, 0.25) is 0 Å². The highest BCUT2D eigenvalue weighted by Gasteiger charge is 2.20. The van der Waals surface area contributed by atoms with Crippen molar-refractivity contribution >= 4 is 18.3 Å². The Bertz CT molecular complexity index is 219. The summed E-state index contributed by atoms with van der Waals surface area (Å²) in [5, 5.41) is 2.91. The van der Waals surface area contributed by atoms with Crippen molar-refractivity contribution in [1.29, 1.82) is 0 Å². The molecule has 1 rings (SSSR count). The van der Waals surface area contributed by atoms with Crippen LogP contribution in [0.1, 0.15) is 32.6 Å². The van der Waals surface area contributed by atoms with Crippen molar-refractivity contribution in [2.75, 3.05) is 20.3 Å². The second kappa shape index (κ2) is 8.72. The molecule has 1 amide bonds. The lowest BCUT2D eigenvalue weighted by Crippen LogP contribution is -2.45. The molecule has 0 heterocycles. The number of amides is 1. The largest absolute Gasteiger partial charge is 0.383 e. The molecular weight excluding hydrogens is 240 g/mol. The Morgan fingerprint density at radius 1 is 1.41 bits per heavy atom. The fourth-order valence-corrected chi connectivity index (χ4v) is 2.16. The Kier molecular flexibility index (Phi) is 8.56. The van der Waals surface area contributed by atoms with Gasteiger partial charge in [-0.3, -0.25) is 4.79 Å². The van der Waals surface area contributed by atoms with Crippen LogP contribution in [0.15, 0.2) is 0 Å². The zero-order valence-electron chi connectivity index (χ0n) is 10.8. The zero-order chi connectivity index (χ0) is 12.0. The van der Waals surface area contributed by atoms with Gasteiger partial charge in [0.1, 0.15) is 6.04 Å². The van der Waals surface area contributed by atoms with Crippen LogP contribution in [-0.4, -0.2) is 32.2 Å². The molecule has 0 aliphatic heterocycles. The van der Waals surface area contributed by atoms with Crippen molar-refractivity contribution < 1.29 is 9.53 Å².